The summed E-state index contributed by atoms with van der Waals surface area (Å²) in [6.07, 6.45) is 2.57. The van der Waals surface area contributed by atoms with Crippen LogP contribution >= 0.6 is 0 Å². The lowest BCUT2D eigenvalue weighted by molar-refractivity contribution is 1.25. The number of nitrogens with two attached hydrogens (primary N) is 1. The van der Waals surface area contributed by atoms with Crippen molar-refractivity contribution in [2.45, 2.75) is 6.42 Å². The third-order valence-corrected chi connectivity index (χ3v) is 1.67. The molecule has 0 heterocycles. The van der Waals surface area contributed by atoms with Crippen LogP contribution in [0.3, 0.4) is 0 Å². The van der Waals surface area contributed by atoms with Crippen molar-refractivity contribution in [2.75, 3.05) is 0 Å². The highest BCUT2D eigenvalue weighted by Gasteiger charge is 2.00. The molecular weight excluding hydrogens is 148 g/mol. The standard InChI is InChI=1S/C10H12N2/c1-2-5-8-6-3-4-7-9(8)10(11)12/h2-4,6-7H,1,5H2,(H3,11,12). The van der Waals surface area contributed by atoms with Gasteiger partial charge in [-0.15, -0.1) is 6.58 Å². The second-order valence-electron chi connectivity index (χ2n) is 2.56. The summed E-state index contributed by atoms with van der Waals surface area (Å²) < 4.78 is 0. The molecule has 0 unspecified atom stereocenters. The van der Waals surface area contributed by atoms with E-state index in [-0.39, 0.29) is 5.84 Å². The summed E-state index contributed by atoms with van der Waals surface area (Å²) >= 11 is 0. The SMILES string of the molecule is C=CCc1ccccc1C(=N)N. The van der Waals surface area contributed by atoms with Crippen molar-refractivity contribution in [3.8, 4) is 0 Å². The second kappa shape index (κ2) is 3.72. The van der Waals surface area contributed by atoms with Gasteiger partial charge in [0.25, 0.3) is 0 Å². The fraction of sp³-hybridized carbons (Fsp3) is 0.100. The summed E-state index contributed by atoms with van der Waals surface area (Å²) in [5.41, 5.74) is 7.25. The van der Waals surface area contributed by atoms with Crippen LogP contribution in [-0.2, 0) is 6.42 Å². The highest BCUT2D eigenvalue weighted by molar-refractivity contribution is 5.96. The molecule has 0 aliphatic heterocycles. The maximum absolute atomic E-state index is 7.30. The molecule has 62 valence electrons. The average molecular weight is 160 g/mol. The number of nitrogens with one attached hydrogen (secondary N) is 1. The van der Waals surface area contributed by atoms with Crippen LogP contribution in [0.1, 0.15) is 11.1 Å². The zero-order valence-corrected chi connectivity index (χ0v) is 6.88. The molecule has 0 aliphatic rings. The number of amidine groups is 1. The van der Waals surface area contributed by atoms with Gasteiger partial charge < -0.3 is 5.73 Å². The first kappa shape index (κ1) is 8.53. The molecule has 1 rings (SSSR count). The minimum absolute atomic E-state index is 0.118. The number of rotatable bonds is 3. The molecule has 0 aromatic heterocycles. The molecule has 0 amide bonds. The lowest BCUT2D eigenvalue weighted by Crippen LogP contribution is -2.13. The quantitative estimate of drug-likeness (QED) is 0.394. The van der Waals surface area contributed by atoms with E-state index >= 15 is 0 Å². The first-order valence-corrected chi connectivity index (χ1v) is 3.79. The van der Waals surface area contributed by atoms with Gasteiger partial charge in [0, 0.05) is 5.56 Å². The third kappa shape index (κ3) is 1.72. The molecule has 0 saturated carbocycles. The van der Waals surface area contributed by atoms with Crippen molar-refractivity contribution in [1.82, 2.24) is 0 Å². The lowest BCUT2D eigenvalue weighted by atomic mass is 10.0. The van der Waals surface area contributed by atoms with Gasteiger partial charge in [-0.05, 0) is 12.0 Å². The van der Waals surface area contributed by atoms with E-state index in [9.17, 15) is 0 Å². The van der Waals surface area contributed by atoms with Gasteiger partial charge in [0.05, 0.1) is 0 Å². The molecule has 1 aromatic carbocycles. The van der Waals surface area contributed by atoms with Crippen LogP contribution in [0, 0.1) is 5.41 Å². The van der Waals surface area contributed by atoms with Crippen LogP contribution in [-0.4, -0.2) is 5.84 Å². The summed E-state index contributed by atoms with van der Waals surface area (Å²) in [7, 11) is 0. The van der Waals surface area contributed by atoms with Gasteiger partial charge in [0.15, 0.2) is 0 Å². The maximum atomic E-state index is 7.30. The summed E-state index contributed by atoms with van der Waals surface area (Å²) in [5.74, 6) is 0.118. The van der Waals surface area contributed by atoms with E-state index in [0.29, 0.717) is 0 Å². The molecule has 1 aromatic rings. The zero-order valence-electron chi connectivity index (χ0n) is 6.88. The smallest absolute Gasteiger partial charge is 0.123 e. The van der Waals surface area contributed by atoms with Crippen LogP contribution in [0.25, 0.3) is 0 Å². The van der Waals surface area contributed by atoms with E-state index < -0.39 is 0 Å². The molecule has 0 fully saturated rings. The van der Waals surface area contributed by atoms with Gasteiger partial charge >= 0.3 is 0 Å². The monoisotopic (exact) mass is 160 g/mol. The topological polar surface area (TPSA) is 49.9 Å². The molecule has 0 aliphatic carbocycles. The predicted molar refractivity (Wildman–Crippen MR) is 51.4 cm³/mol. The van der Waals surface area contributed by atoms with Crippen molar-refractivity contribution in [1.29, 1.82) is 5.41 Å². The molecule has 2 heteroatoms. The van der Waals surface area contributed by atoms with Gasteiger partial charge in [-0.25, -0.2) is 0 Å². The Hall–Kier alpha value is -1.57. The van der Waals surface area contributed by atoms with Crippen molar-refractivity contribution in [3.05, 3.63) is 48.0 Å². The molecule has 0 atom stereocenters. The molecule has 0 spiro atoms. The Kier molecular flexibility index (Phi) is 2.64. The largest absolute Gasteiger partial charge is 0.384 e. The van der Waals surface area contributed by atoms with Gasteiger partial charge in [-0.2, -0.15) is 0 Å². The zero-order chi connectivity index (χ0) is 8.97. The Bertz CT molecular complexity index is 302. The van der Waals surface area contributed by atoms with E-state index in [2.05, 4.69) is 6.58 Å². The highest BCUT2D eigenvalue weighted by atomic mass is 14.7. The average Bonchev–Trinajstić information content (AvgIpc) is 2.05. The van der Waals surface area contributed by atoms with Crippen molar-refractivity contribution < 1.29 is 0 Å². The minimum Gasteiger partial charge on any atom is -0.384 e. The number of hydrogen-bond acceptors (Lipinski definition) is 1. The Balaban J connectivity index is 3.07. The Morgan fingerprint density at radius 3 is 2.75 bits per heavy atom. The fourth-order valence-corrected chi connectivity index (χ4v) is 1.12. The predicted octanol–water partition coefficient (Wildman–Crippen LogP) is 1.70. The Morgan fingerprint density at radius 1 is 1.50 bits per heavy atom. The summed E-state index contributed by atoms with van der Waals surface area (Å²) in [6.45, 7) is 3.65. The van der Waals surface area contributed by atoms with Crippen molar-refractivity contribution in [2.24, 2.45) is 5.73 Å². The highest BCUT2D eigenvalue weighted by Crippen LogP contribution is 2.08. The summed E-state index contributed by atoms with van der Waals surface area (Å²) in [5, 5.41) is 7.30. The van der Waals surface area contributed by atoms with Gasteiger partial charge in [0.2, 0.25) is 0 Å². The Morgan fingerprint density at radius 2 is 2.17 bits per heavy atom. The van der Waals surface area contributed by atoms with Gasteiger partial charge in [-0.1, -0.05) is 30.3 Å². The van der Waals surface area contributed by atoms with E-state index in [1.807, 2.05) is 30.3 Å². The molecule has 0 radical (unpaired) electrons. The van der Waals surface area contributed by atoms with Crippen LogP contribution in [0.5, 0.6) is 0 Å². The fourth-order valence-electron chi connectivity index (χ4n) is 1.12. The van der Waals surface area contributed by atoms with Crippen molar-refractivity contribution >= 4 is 5.84 Å². The maximum Gasteiger partial charge on any atom is 0.123 e. The molecule has 12 heavy (non-hydrogen) atoms. The molecule has 3 N–H and O–H groups in total. The molecule has 2 nitrogen and oxygen atoms in total. The van der Waals surface area contributed by atoms with E-state index in [0.717, 1.165) is 17.5 Å². The number of allylic oxidation sites excluding steroid dienone is 1. The number of hydrogen-bond donors (Lipinski definition) is 2. The lowest BCUT2D eigenvalue weighted by Gasteiger charge is -2.04. The number of benzene rings is 1. The van der Waals surface area contributed by atoms with Crippen LogP contribution in [0.2, 0.25) is 0 Å². The second-order valence-corrected chi connectivity index (χ2v) is 2.56. The molecule has 0 saturated heterocycles. The van der Waals surface area contributed by atoms with Crippen LogP contribution in [0.15, 0.2) is 36.9 Å². The van der Waals surface area contributed by atoms with Gasteiger partial charge in [-0.3, -0.25) is 5.41 Å². The molecule has 0 bridgehead atoms. The van der Waals surface area contributed by atoms with E-state index in [1.54, 1.807) is 0 Å². The first-order chi connectivity index (χ1) is 5.75. The third-order valence-electron chi connectivity index (χ3n) is 1.67. The normalized spacial score (nSPS) is 9.33. The first-order valence-electron chi connectivity index (χ1n) is 3.79. The van der Waals surface area contributed by atoms with E-state index in [4.69, 9.17) is 11.1 Å². The van der Waals surface area contributed by atoms with Crippen LogP contribution < -0.4 is 5.73 Å². The van der Waals surface area contributed by atoms with Crippen molar-refractivity contribution in [3.63, 3.8) is 0 Å². The summed E-state index contributed by atoms with van der Waals surface area (Å²) in [4.78, 5) is 0. The van der Waals surface area contributed by atoms with Gasteiger partial charge in [0.1, 0.15) is 5.84 Å². The summed E-state index contributed by atoms with van der Waals surface area (Å²) in [6, 6.07) is 7.62. The molecular formula is C10H12N2. The Labute approximate surface area is 72.2 Å². The van der Waals surface area contributed by atoms with Crippen LogP contribution in [0.4, 0.5) is 0 Å². The van der Waals surface area contributed by atoms with E-state index in [1.165, 1.54) is 0 Å². The minimum atomic E-state index is 0.118. The number of nitrogen functional groups attached to an aromatic ring is 1.